The smallest absolute Gasteiger partial charge is 0.145 e. The largest absolute Gasteiger partial charge is 0.314 e. The zero-order chi connectivity index (χ0) is 16.8. The average molecular weight is 336 g/mol. The van der Waals surface area contributed by atoms with Gasteiger partial charge in [0, 0.05) is 23.3 Å². The van der Waals surface area contributed by atoms with Crippen LogP contribution in [-0.2, 0) is 4.57 Å². The molecule has 3 aromatic rings. The van der Waals surface area contributed by atoms with Crippen LogP contribution >= 0.6 is 7.14 Å². The summed E-state index contributed by atoms with van der Waals surface area (Å²) >= 11 is 0. The Morgan fingerprint density at radius 2 is 1.12 bits per heavy atom. The van der Waals surface area contributed by atoms with Crippen LogP contribution in [0.4, 0.5) is 5.69 Å². The predicted molar refractivity (Wildman–Crippen MR) is 103 cm³/mol. The van der Waals surface area contributed by atoms with Crippen LogP contribution in [0.3, 0.4) is 0 Å². The molecule has 0 aliphatic heterocycles. The number of para-hydroxylation sites is 1. The summed E-state index contributed by atoms with van der Waals surface area (Å²) in [5, 5.41) is 3.41. The van der Waals surface area contributed by atoms with Gasteiger partial charge in [0.2, 0.25) is 0 Å². The topological polar surface area (TPSA) is 46.3 Å². The molecule has 0 aliphatic carbocycles. The van der Waals surface area contributed by atoms with Crippen molar-refractivity contribution in [2.24, 2.45) is 5.84 Å². The summed E-state index contributed by atoms with van der Waals surface area (Å²) in [6.45, 7) is 0.519. The molecule has 0 spiro atoms. The van der Waals surface area contributed by atoms with Gasteiger partial charge in [0.15, 0.2) is 0 Å². The van der Waals surface area contributed by atoms with Crippen molar-refractivity contribution in [3.63, 3.8) is 0 Å². The summed E-state index contributed by atoms with van der Waals surface area (Å²) in [6.07, 6.45) is 0.492. The molecule has 0 amide bonds. The van der Waals surface area contributed by atoms with E-state index in [9.17, 15) is 4.57 Å². The standard InChI is InChI=1S/C20H21N2OP/c21-22(18-10-4-1-5-11-18)16-17-24(23,19-12-6-2-7-13-19)20-14-8-3-9-15-20/h1-15H,16-17,21H2. The molecule has 3 rings (SSSR count). The van der Waals surface area contributed by atoms with E-state index in [0.29, 0.717) is 12.7 Å². The molecule has 0 aliphatic rings. The minimum Gasteiger partial charge on any atom is -0.314 e. The van der Waals surface area contributed by atoms with Crippen LogP contribution in [0.25, 0.3) is 0 Å². The second kappa shape index (κ2) is 7.48. The van der Waals surface area contributed by atoms with Gasteiger partial charge in [-0.3, -0.25) is 0 Å². The maximum absolute atomic E-state index is 13.9. The Labute approximate surface area is 143 Å². The molecular weight excluding hydrogens is 315 g/mol. The summed E-state index contributed by atoms with van der Waals surface area (Å²) in [5.74, 6) is 6.17. The van der Waals surface area contributed by atoms with Gasteiger partial charge in [-0.2, -0.15) is 0 Å². The van der Waals surface area contributed by atoms with E-state index in [1.54, 1.807) is 5.01 Å². The van der Waals surface area contributed by atoms with E-state index in [1.807, 2.05) is 91.0 Å². The lowest BCUT2D eigenvalue weighted by molar-refractivity contribution is 0.586. The molecular formula is C20H21N2OP. The van der Waals surface area contributed by atoms with Gasteiger partial charge in [0.05, 0.1) is 5.69 Å². The molecule has 0 saturated heterocycles. The zero-order valence-corrected chi connectivity index (χ0v) is 14.3. The third-order valence-corrected chi connectivity index (χ3v) is 7.18. The fourth-order valence-electron chi connectivity index (χ4n) is 2.74. The van der Waals surface area contributed by atoms with Crippen LogP contribution in [0.5, 0.6) is 0 Å². The van der Waals surface area contributed by atoms with Crippen molar-refractivity contribution in [2.75, 3.05) is 17.7 Å². The van der Waals surface area contributed by atoms with Gasteiger partial charge < -0.3 is 9.57 Å². The molecule has 0 bridgehead atoms. The van der Waals surface area contributed by atoms with E-state index < -0.39 is 7.14 Å². The van der Waals surface area contributed by atoms with Crippen molar-refractivity contribution in [3.05, 3.63) is 91.0 Å². The molecule has 4 heteroatoms. The number of hydrogen-bond acceptors (Lipinski definition) is 3. The minimum atomic E-state index is -2.72. The lowest BCUT2D eigenvalue weighted by Crippen LogP contribution is -2.35. The first-order valence-electron chi connectivity index (χ1n) is 7.98. The number of nitrogens with zero attached hydrogens (tertiary/aromatic N) is 1. The number of hydrazine groups is 1. The maximum Gasteiger partial charge on any atom is 0.145 e. The maximum atomic E-state index is 13.9. The molecule has 3 aromatic carbocycles. The Kier molecular flexibility index (Phi) is 5.14. The van der Waals surface area contributed by atoms with E-state index in [-0.39, 0.29) is 0 Å². The van der Waals surface area contributed by atoms with Crippen LogP contribution in [0.2, 0.25) is 0 Å². The number of benzene rings is 3. The summed E-state index contributed by atoms with van der Waals surface area (Å²) in [6, 6.07) is 29.1. The Morgan fingerprint density at radius 1 is 0.708 bits per heavy atom. The van der Waals surface area contributed by atoms with E-state index >= 15 is 0 Å². The summed E-state index contributed by atoms with van der Waals surface area (Å²) in [5.41, 5.74) is 0.921. The second-order valence-electron chi connectivity index (χ2n) is 5.66. The van der Waals surface area contributed by atoms with Crippen LogP contribution in [0.1, 0.15) is 0 Å². The molecule has 24 heavy (non-hydrogen) atoms. The number of hydrogen-bond donors (Lipinski definition) is 1. The Morgan fingerprint density at radius 3 is 1.58 bits per heavy atom. The molecule has 3 nitrogen and oxygen atoms in total. The molecule has 0 radical (unpaired) electrons. The van der Waals surface area contributed by atoms with Crippen LogP contribution in [0.15, 0.2) is 91.0 Å². The predicted octanol–water partition coefficient (Wildman–Crippen LogP) is 3.38. The van der Waals surface area contributed by atoms with Crippen molar-refractivity contribution in [2.45, 2.75) is 0 Å². The van der Waals surface area contributed by atoms with Crippen molar-refractivity contribution >= 4 is 23.4 Å². The monoisotopic (exact) mass is 336 g/mol. The average Bonchev–Trinajstić information content (AvgIpc) is 2.68. The molecule has 0 heterocycles. The molecule has 122 valence electrons. The van der Waals surface area contributed by atoms with Gasteiger partial charge in [-0.15, -0.1) is 0 Å². The summed E-state index contributed by atoms with van der Waals surface area (Å²) in [7, 11) is -2.72. The third-order valence-electron chi connectivity index (χ3n) is 4.09. The summed E-state index contributed by atoms with van der Waals surface area (Å²) < 4.78 is 13.9. The summed E-state index contributed by atoms with van der Waals surface area (Å²) in [4.78, 5) is 0. The lowest BCUT2D eigenvalue weighted by atomic mass is 10.3. The zero-order valence-electron chi connectivity index (χ0n) is 13.5. The Bertz CT molecular complexity index is 763. The van der Waals surface area contributed by atoms with E-state index in [4.69, 9.17) is 5.84 Å². The number of rotatable bonds is 6. The van der Waals surface area contributed by atoms with Gasteiger partial charge in [0.25, 0.3) is 0 Å². The van der Waals surface area contributed by atoms with Gasteiger partial charge in [-0.25, -0.2) is 5.84 Å². The van der Waals surface area contributed by atoms with Gasteiger partial charge in [0.1, 0.15) is 7.14 Å². The molecule has 0 atom stereocenters. The first-order valence-corrected chi connectivity index (χ1v) is 9.87. The normalized spacial score (nSPS) is 11.2. The molecule has 0 unspecified atom stereocenters. The molecule has 2 N–H and O–H groups in total. The van der Waals surface area contributed by atoms with E-state index in [1.165, 1.54) is 0 Å². The number of nitrogens with two attached hydrogens (primary N) is 1. The van der Waals surface area contributed by atoms with Crippen LogP contribution in [0, 0.1) is 0 Å². The highest BCUT2D eigenvalue weighted by atomic mass is 31.2. The van der Waals surface area contributed by atoms with Gasteiger partial charge in [-0.1, -0.05) is 78.9 Å². The molecule has 0 aromatic heterocycles. The Hall–Kier alpha value is -2.35. The quantitative estimate of drug-likeness (QED) is 0.426. The highest BCUT2D eigenvalue weighted by Crippen LogP contribution is 2.43. The fourth-order valence-corrected chi connectivity index (χ4v) is 5.36. The van der Waals surface area contributed by atoms with Gasteiger partial charge in [-0.05, 0) is 12.1 Å². The highest BCUT2D eigenvalue weighted by molar-refractivity contribution is 7.78. The van der Waals surface area contributed by atoms with Crippen LogP contribution < -0.4 is 21.5 Å². The number of anilines is 1. The van der Waals surface area contributed by atoms with Gasteiger partial charge >= 0.3 is 0 Å². The van der Waals surface area contributed by atoms with Crippen molar-refractivity contribution < 1.29 is 4.57 Å². The Balaban J connectivity index is 1.88. The SMILES string of the molecule is NN(CCP(=O)(c1ccccc1)c1ccccc1)c1ccccc1. The first kappa shape index (κ1) is 16.5. The van der Waals surface area contributed by atoms with Crippen molar-refractivity contribution in [1.82, 2.24) is 0 Å². The van der Waals surface area contributed by atoms with Crippen molar-refractivity contribution in [3.8, 4) is 0 Å². The van der Waals surface area contributed by atoms with Crippen LogP contribution in [-0.4, -0.2) is 12.7 Å². The minimum absolute atomic E-state index is 0.492. The first-order chi connectivity index (χ1) is 11.7. The third kappa shape index (κ3) is 3.59. The molecule has 0 fully saturated rings. The molecule has 0 saturated carbocycles. The lowest BCUT2D eigenvalue weighted by Gasteiger charge is -2.24. The van der Waals surface area contributed by atoms with E-state index in [0.717, 1.165) is 16.3 Å². The van der Waals surface area contributed by atoms with E-state index in [2.05, 4.69) is 0 Å². The van der Waals surface area contributed by atoms with Crippen molar-refractivity contribution in [1.29, 1.82) is 0 Å². The fraction of sp³-hybridized carbons (Fsp3) is 0.100. The highest BCUT2D eigenvalue weighted by Gasteiger charge is 2.27. The second-order valence-corrected chi connectivity index (χ2v) is 8.62.